The molecule has 1 aromatic carbocycles. The average Bonchev–Trinajstić information content (AvgIpc) is 2.41. The van der Waals surface area contributed by atoms with Crippen LogP contribution >= 0.6 is 0 Å². The summed E-state index contributed by atoms with van der Waals surface area (Å²) in [5, 5.41) is 20.2. The molecule has 1 fully saturated rings. The molecule has 0 radical (unpaired) electrons. The minimum atomic E-state index is -3.66. The number of nitrogens with zero attached hydrogens (tertiary/aromatic N) is 2. The van der Waals surface area contributed by atoms with Crippen LogP contribution in [0.1, 0.15) is 13.3 Å². The summed E-state index contributed by atoms with van der Waals surface area (Å²) < 4.78 is 26.1. The maximum Gasteiger partial charge on any atom is 0.269 e. The predicted molar refractivity (Wildman–Crippen MR) is 71.6 cm³/mol. The van der Waals surface area contributed by atoms with Crippen molar-refractivity contribution in [2.75, 3.05) is 13.1 Å². The van der Waals surface area contributed by atoms with E-state index in [1.165, 1.54) is 28.6 Å². The number of nitro groups is 1. The fourth-order valence-electron chi connectivity index (χ4n) is 2.20. The van der Waals surface area contributed by atoms with E-state index in [9.17, 15) is 23.6 Å². The van der Waals surface area contributed by atoms with Gasteiger partial charge in [0.05, 0.1) is 15.9 Å². The summed E-state index contributed by atoms with van der Waals surface area (Å²) >= 11 is 0. The largest absolute Gasteiger partial charge is 0.393 e. The first kappa shape index (κ1) is 14.9. The number of benzene rings is 1. The Kier molecular flexibility index (Phi) is 4.07. The van der Waals surface area contributed by atoms with E-state index in [-0.39, 0.29) is 29.6 Å². The highest BCUT2D eigenvalue weighted by molar-refractivity contribution is 7.89. The van der Waals surface area contributed by atoms with Crippen molar-refractivity contribution in [3.05, 3.63) is 34.4 Å². The van der Waals surface area contributed by atoms with Gasteiger partial charge in [-0.25, -0.2) is 8.42 Å². The zero-order valence-corrected chi connectivity index (χ0v) is 11.8. The highest BCUT2D eigenvalue weighted by Crippen LogP contribution is 2.25. The monoisotopic (exact) mass is 300 g/mol. The van der Waals surface area contributed by atoms with Crippen LogP contribution in [0.15, 0.2) is 29.2 Å². The Balaban J connectivity index is 2.24. The molecule has 7 nitrogen and oxygen atoms in total. The summed E-state index contributed by atoms with van der Waals surface area (Å²) in [6.45, 7) is 2.30. The highest BCUT2D eigenvalue weighted by atomic mass is 32.2. The maximum atomic E-state index is 12.4. The molecule has 0 spiro atoms. The number of aliphatic hydroxyl groups is 1. The van der Waals surface area contributed by atoms with Crippen molar-refractivity contribution in [3.63, 3.8) is 0 Å². The van der Waals surface area contributed by atoms with Crippen molar-refractivity contribution >= 4 is 15.7 Å². The Bertz CT molecular complexity index is 599. The molecule has 0 bridgehead atoms. The van der Waals surface area contributed by atoms with Gasteiger partial charge < -0.3 is 5.11 Å². The molecule has 2 rings (SSSR count). The van der Waals surface area contributed by atoms with Crippen molar-refractivity contribution in [2.45, 2.75) is 24.3 Å². The van der Waals surface area contributed by atoms with Crippen molar-refractivity contribution in [2.24, 2.45) is 5.92 Å². The number of nitro benzene ring substituents is 1. The molecule has 0 aliphatic carbocycles. The topological polar surface area (TPSA) is 101 Å². The second-order valence-electron chi connectivity index (χ2n) is 4.95. The van der Waals surface area contributed by atoms with Crippen LogP contribution in [0.5, 0.6) is 0 Å². The first-order valence-corrected chi connectivity index (χ1v) is 7.69. The van der Waals surface area contributed by atoms with Crippen molar-refractivity contribution < 1.29 is 18.4 Å². The number of hydrogen-bond donors (Lipinski definition) is 1. The van der Waals surface area contributed by atoms with Crippen molar-refractivity contribution in [1.29, 1.82) is 0 Å². The van der Waals surface area contributed by atoms with Gasteiger partial charge in [0.25, 0.3) is 5.69 Å². The van der Waals surface area contributed by atoms with E-state index in [4.69, 9.17) is 0 Å². The Labute approximate surface area is 117 Å². The molecule has 110 valence electrons. The molecule has 1 aromatic rings. The minimum Gasteiger partial charge on any atom is -0.393 e. The van der Waals surface area contributed by atoms with Crippen LogP contribution in [0.25, 0.3) is 0 Å². The number of sulfonamides is 1. The fourth-order valence-corrected chi connectivity index (χ4v) is 3.76. The summed E-state index contributed by atoms with van der Waals surface area (Å²) in [4.78, 5) is 10.0. The molecule has 1 saturated heterocycles. The number of piperidine rings is 1. The van der Waals surface area contributed by atoms with Gasteiger partial charge in [0.1, 0.15) is 0 Å². The van der Waals surface area contributed by atoms with Gasteiger partial charge in [-0.3, -0.25) is 10.1 Å². The second kappa shape index (κ2) is 5.47. The lowest BCUT2D eigenvalue weighted by molar-refractivity contribution is -0.384. The van der Waals surface area contributed by atoms with E-state index in [1.807, 2.05) is 0 Å². The Hall–Kier alpha value is -1.51. The number of non-ortho nitro benzene ring substituents is 1. The van der Waals surface area contributed by atoms with Crippen molar-refractivity contribution in [3.8, 4) is 0 Å². The molecule has 1 aliphatic heterocycles. The van der Waals surface area contributed by atoms with Crippen LogP contribution in [0.3, 0.4) is 0 Å². The molecule has 2 atom stereocenters. The third-order valence-corrected chi connectivity index (χ3v) is 5.39. The van der Waals surface area contributed by atoms with Gasteiger partial charge in [-0.05, 0) is 24.5 Å². The highest BCUT2D eigenvalue weighted by Gasteiger charge is 2.32. The fraction of sp³-hybridized carbons (Fsp3) is 0.500. The van der Waals surface area contributed by atoms with Gasteiger partial charge in [-0.1, -0.05) is 6.92 Å². The Morgan fingerprint density at radius 2 is 1.95 bits per heavy atom. The lowest BCUT2D eigenvalue weighted by Crippen LogP contribution is -2.44. The van der Waals surface area contributed by atoms with E-state index >= 15 is 0 Å². The number of rotatable bonds is 3. The molecule has 0 aromatic heterocycles. The van der Waals surface area contributed by atoms with Crippen LogP contribution in [0, 0.1) is 16.0 Å². The zero-order valence-electron chi connectivity index (χ0n) is 11.0. The van der Waals surface area contributed by atoms with E-state index in [0.29, 0.717) is 6.42 Å². The number of aliphatic hydroxyl groups excluding tert-OH is 1. The molecule has 8 heteroatoms. The SMILES string of the molecule is CC1CN(S(=O)(=O)c2ccc([N+](=O)[O-])cc2)CCC1O. The smallest absolute Gasteiger partial charge is 0.269 e. The van der Waals surface area contributed by atoms with Gasteiger partial charge >= 0.3 is 0 Å². The summed E-state index contributed by atoms with van der Waals surface area (Å²) in [6, 6.07) is 4.83. The van der Waals surface area contributed by atoms with Crippen LogP contribution in [-0.4, -0.2) is 41.9 Å². The third kappa shape index (κ3) is 2.82. The van der Waals surface area contributed by atoms with E-state index in [1.54, 1.807) is 6.92 Å². The molecule has 1 heterocycles. The quantitative estimate of drug-likeness (QED) is 0.662. The summed E-state index contributed by atoms with van der Waals surface area (Å²) in [5.41, 5.74) is -0.147. The molecule has 1 aliphatic rings. The maximum absolute atomic E-state index is 12.4. The Morgan fingerprint density at radius 3 is 2.45 bits per heavy atom. The molecule has 0 amide bonds. The normalized spacial score (nSPS) is 24.5. The van der Waals surface area contributed by atoms with Crippen LogP contribution < -0.4 is 0 Å². The first-order chi connectivity index (χ1) is 9.32. The molecule has 2 unspecified atom stereocenters. The zero-order chi connectivity index (χ0) is 14.9. The lowest BCUT2D eigenvalue weighted by Gasteiger charge is -2.33. The summed E-state index contributed by atoms with van der Waals surface area (Å²) in [6.07, 6.45) is -0.0915. The van der Waals surface area contributed by atoms with Crippen molar-refractivity contribution in [1.82, 2.24) is 4.31 Å². The summed E-state index contributed by atoms with van der Waals surface area (Å²) in [5.74, 6) is -0.128. The van der Waals surface area contributed by atoms with E-state index in [0.717, 1.165) is 0 Å². The average molecular weight is 300 g/mol. The molecule has 20 heavy (non-hydrogen) atoms. The number of hydrogen-bond acceptors (Lipinski definition) is 5. The van der Waals surface area contributed by atoms with Gasteiger partial charge in [-0.15, -0.1) is 0 Å². The lowest BCUT2D eigenvalue weighted by atomic mass is 9.99. The van der Waals surface area contributed by atoms with E-state index in [2.05, 4.69) is 0 Å². The van der Waals surface area contributed by atoms with Gasteiger partial charge in [0.2, 0.25) is 10.0 Å². The minimum absolute atomic E-state index is 0.0340. The molecule has 0 saturated carbocycles. The van der Waals surface area contributed by atoms with Gasteiger partial charge in [-0.2, -0.15) is 4.31 Å². The first-order valence-electron chi connectivity index (χ1n) is 6.25. The second-order valence-corrected chi connectivity index (χ2v) is 6.89. The van der Waals surface area contributed by atoms with Gasteiger partial charge in [0.15, 0.2) is 0 Å². The Morgan fingerprint density at radius 1 is 1.35 bits per heavy atom. The predicted octanol–water partition coefficient (Wildman–Crippen LogP) is 0.986. The van der Waals surface area contributed by atoms with E-state index < -0.39 is 21.1 Å². The van der Waals surface area contributed by atoms with Crippen LogP contribution in [0.2, 0.25) is 0 Å². The van der Waals surface area contributed by atoms with Gasteiger partial charge in [0, 0.05) is 25.2 Å². The molecular weight excluding hydrogens is 284 g/mol. The molecule has 1 N–H and O–H groups in total. The standard InChI is InChI=1S/C12H16N2O5S/c1-9-8-13(7-6-12(9)15)20(18,19)11-4-2-10(3-5-11)14(16)17/h2-5,9,12,15H,6-8H2,1H3. The van der Waals surface area contributed by atoms with Crippen LogP contribution in [0.4, 0.5) is 5.69 Å². The summed E-state index contributed by atoms with van der Waals surface area (Å²) in [7, 11) is -3.66. The van der Waals surface area contributed by atoms with Crippen LogP contribution in [-0.2, 0) is 10.0 Å². The third-order valence-electron chi connectivity index (χ3n) is 3.51. The molecular formula is C12H16N2O5S.